The summed E-state index contributed by atoms with van der Waals surface area (Å²) in [5.41, 5.74) is 10.7. The molecule has 190 valence electrons. The first-order valence-electron chi connectivity index (χ1n) is 13.2. The number of benzene rings is 4. The van der Waals surface area contributed by atoms with E-state index in [9.17, 15) is 0 Å². The van der Waals surface area contributed by atoms with Crippen molar-refractivity contribution in [2.75, 3.05) is 0 Å². The van der Waals surface area contributed by atoms with E-state index >= 15 is 0 Å². The molecule has 0 spiro atoms. The van der Waals surface area contributed by atoms with Crippen molar-refractivity contribution in [1.29, 1.82) is 0 Å². The van der Waals surface area contributed by atoms with Crippen LogP contribution in [0.25, 0.3) is 56.1 Å². The van der Waals surface area contributed by atoms with Crippen molar-refractivity contribution in [1.82, 2.24) is 19.1 Å². The first-order valence-corrected chi connectivity index (χ1v) is 13.2. The summed E-state index contributed by atoms with van der Waals surface area (Å²) in [6.07, 6.45) is 7.79. The maximum Gasteiger partial charge on any atom is 0.148 e. The molecular formula is C34H28N4O. The Labute approximate surface area is 227 Å². The van der Waals surface area contributed by atoms with E-state index in [1.807, 2.05) is 36.9 Å². The second-order valence-electron chi connectivity index (χ2n) is 10.3. The first kappa shape index (κ1) is 23.2. The number of furan rings is 1. The Kier molecular flexibility index (Phi) is 5.27. The molecule has 5 nitrogen and oxygen atoms in total. The van der Waals surface area contributed by atoms with Crippen LogP contribution >= 0.6 is 0 Å². The molecule has 0 saturated heterocycles. The van der Waals surface area contributed by atoms with Crippen LogP contribution in [0.5, 0.6) is 0 Å². The van der Waals surface area contributed by atoms with E-state index < -0.39 is 0 Å². The second kappa shape index (κ2) is 8.84. The Morgan fingerprint density at radius 2 is 1.38 bits per heavy atom. The number of aromatic nitrogens is 4. The van der Waals surface area contributed by atoms with Gasteiger partial charge in [0.15, 0.2) is 0 Å². The minimum Gasteiger partial charge on any atom is -0.455 e. The number of hydrogen-bond acceptors (Lipinski definition) is 3. The molecule has 39 heavy (non-hydrogen) atoms. The van der Waals surface area contributed by atoms with Crippen molar-refractivity contribution in [2.45, 2.75) is 27.7 Å². The highest BCUT2D eigenvalue weighted by Crippen LogP contribution is 2.40. The van der Waals surface area contributed by atoms with Crippen molar-refractivity contribution in [3.63, 3.8) is 0 Å². The van der Waals surface area contributed by atoms with Gasteiger partial charge in [0.25, 0.3) is 0 Å². The molecule has 0 N–H and O–H groups in total. The standard InChI is InChI=1S/C34H28N4O/c1-21-12-13-22(2)29(18-21)37-16-14-35-33(37)25-19-27-26-10-5-6-11-30(26)39-32(27)28(20-25)34-36-15-17-38(34)31-23(3)8-7-9-24(31)4/h5-20H,1-4H3. The molecule has 0 aliphatic rings. The smallest absolute Gasteiger partial charge is 0.148 e. The molecule has 7 aromatic rings. The molecule has 0 radical (unpaired) electrons. The minimum absolute atomic E-state index is 0.823. The number of aryl methyl sites for hydroxylation is 4. The Morgan fingerprint density at radius 3 is 2.21 bits per heavy atom. The largest absolute Gasteiger partial charge is 0.455 e. The lowest BCUT2D eigenvalue weighted by atomic mass is 10.0. The van der Waals surface area contributed by atoms with Gasteiger partial charge in [-0.05, 0) is 74.2 Å². The van der Waals surface area contributed by atoms with E-state index in [1.165, 1.54) is 22.3 Å². The summed E-state index contributed by atoms with van der Waals surface area (Å²) in [4.78, 5) is 9.71. The molecule has 0 aliphatic carbocycles. The topological polar surface area (TPSA) is 48.8 Å². The fraction of sp³-hybridized carbons (Fsp3) is 0.118. The van der Waals surface area contributed by atoms with Crippen molar-refractivity contribution in [3.8, 4) is 34.2 Å². The molecule has 5 heteroatoms. The monoisotopic (exact) mass is 508 g/mol. The summed E-state index contributed by atoms with van der Waals surface area (Å²) in [5.74, 6) is 1.71. The number of rotatable bonds is 4. The van der Waals surface area contributed by atoms with Crippen LogP contribution in [0, 0.1) is 27.7 Å². The fourth-order valence-electron chi connectivity index (χ4n) is 5.68. The van der Waals surface area contributed by atoms with E-state index in [0.717, 1.165) is 56.1 Å². The molecule has 0 amide bonds. The molecular weight excluding hydrogens is 480 g/mol. The molecule has 0 aliphatic heterocycles. The highest BCUT2D eigenvalue weighted by Gasteiger charge is 2.21. The zero-order valence-corrected chi connectivity index (χ0v) is 22.4. The predicted octanol–water partition coefficient (Wildman–Crippen LogP) is 8.53. The lowest BCUT2D eigenvalue weighted by Gasteiger charge is -2.15. The van der Waals surface area contributed by atoms with Crippen LogP contribution in [0.4, 0.5) is 0 Å². The van der Waals surface area contributed by atoms with Crippen LogP contribution in [-0.2, 0) is 0 Å². The van der Waals surface area contributed by atoms with Gasteiger partial charge in [-0.25, -0.2) is 9.97 Å². The van der Waals surface area contributed by atoms with Gasteiger partial charge in [-0.1, -0.05) is 48.5 Å². The summed E-state index contributed by atoms with van der Waals surface area (Å²) < 4.78 is 10.8. The fourth-order valence-corrected chi connectivity index (χ4v) is 5.68. The van der Waals surface area contributed by atoms with E-state index in [0.29, 0.717) is 0 Å². The van der Waals surface area contributed by atoms with Gasteiger partial charge in [0, 0.05) is 41.1 Å². The van der Waals surface area contributed by atoms with Crippen molar-refractivity contribution in [3.05, 3.63) is 120 Å². The highest BCUT2D eigenvalue weighted by molar-refractivity contribution is 6.10. The van der Waals surface area contributed by atoms with E-state index in [1.54, 1.807) is 0 Å². The van der Waals surface area contributed by atoms with Crippen molar-refractivity contribution < 1.29 is 4.42 Å². The van der Waals surface area contributed by atoms with Crippen LogP contribution < -0.4 is 0 Å². The third-order valence-electron chi connectivity index (χ3n) is 7.56. The summed E-state index contributed by atoms with van der Waals surface area (Å²) in [5, 5.41) is 2.12. The zero-order valence-electron chi connectivity index (χ0n) is 22.4. The number of para-hydroxylation sites is 2. The third-order valence-corrected chi connectivity index (χ3v) is 7.56. The molecule has 4 aromatic carbocycles. The van der Waals surface area contributed by atoms with Gasteiger partial charge in [0.2, 0.25) is 0 Å². The Morgan fingerprint density at radius 1 is 0.641 bits per heavy atom. The predicted molar refractivity (Wildman–Crippen MR) is 158 cm³/mol. The van der Waals surface area contributed by atoms with Gasteiger partial charge in [0.1, 0.15) is 22.8 Å². The van der Waals surface area contributed by atoms with Gasteiger partial charge in [-0.3, -0.25) is 9.13 Å². The number of fused-ring (bicyclic) bond motifs is 3. The molecule has 0 fully saturated rings. The highest BCUT2D eigenvalue weighted by atomic mass is 16.3. The summed E-state index contributed by atoms with van der Waals surface area (Å²) in [7, 11) is 0. The number of hydrogen-bond donors (Lipinski definition) is 0. The Balaban J connectivity index is 1.53. The van der Waals surface area contributed by atoms with E-state index in [2.05, 4.69) is 97.5 Å². The summed E-state index contributed by atoms with van der Waals surface area (Å²) in [6, 6.07) is 25.4. The maximum atomic E-state index is 6.50. The van der Waals surface area contributed by atoms with Gasteiger partial charge in [-0.2, -0.15) is 0 Å². The maximum absolute atomic E-state index is 6.50. The normalized spacial score (nSPS) is 11.6. The molecule has 0 saturated carbocycles. The quantitative estimate of drug-likeness (QED) is 0.239. The van der Waals surface area contributed by atoms with Crippen molar-refractivity contribution in [2.24, 2.45) is 0 Å². The van der Waals surface area contributed by atoms with Crippen LogP contribution in [0.2, 0.25) is 0 Å². The van der Waals surface area contributed by atoms with Crippen LogP contribution in [0.1, 0.15) is 22.3 Å². The third kappa shape index (κ3) is 3.69. The summed E-state index contributed by atoms with van der Waals surface area (Å²) >= 11 is 0. The van der Waals surface area contributed by atoms with E-state index in [4.69, 9.17) is 14.4 Å². The molecule has 3 heterocycles. The van der Waals surface area contributed by atoms with Crippen molar-refractivity contribution >= 4 is 21.9 Å². The van der Waals surface area contributed by atoms with Gasteiger partial charge < -0.3 is 4.42 Å². The Bertz CT molecular complexity index is 2000. The lowest BCUT2D eigenvalue weighted by Crippen LogP contribution is -2.02. The number of imidazole rings is 2. The van der Waals surface area contributed by atoms with Gasteiger partial charge >= 0.3 is 0 Å². The van der Waals surface area contributed by atoms with Crippen LogP contribution in [-0.4, -0.2) is 19.1 Å². The molecule has 0 unspecified atom stereocenters. The van der Waals surface area contributed by atoms with Crippen LogP contribution in [0.15, 0.2) is 102 Å². The Hall–Kier alpha value is -4.90. The average Bonchev–Trinajstić information content (AvgIpc) is 3.68. The zero-order chi connectivity index (χ0) is 26.7. The summed E-state index contributed by atoms with van der Waals surface area (Å²) in [6.45, 7) is 8.54. The lowest BCUT2D eigenvalue weighted by molar-refractivity contribution is 0.669. The van der Waals surface area contributed by atoms with Crippen LogP contribution in [0.3, 0.4) is 0 Å². The second-order valence-corrected chi connectivity index (χ2v) is 10.3. The van der Waals surface area contributed by atoms with E-state index in [-0.39, 0.29) is 0 Å². The average molecular weight is 509 g/mol. The molecule has 7 rings (SSSR count). The minimum atomic E-state index is 0.823. The number of nitrogens with zero attached hydrogens (tertiary/aromatic N) is 4. The molecule has 0 atom stereocenters. The van der Waals surface area contributed by atoms with Gasteiger partial charge in [0.05, 0.1) is 16.9 Å². The first-order chi connectivity index (χ1) is 19.0. The van der Waals surface area contributed by atoms with Gasteiger partial charge in [-0.15, -0.1) is 0 Å². The SMILES string of the molecule is Cc1ccc(C)c(-n2ccnc2-c2cc(-c3nccn3-c3c(C)cccc3C)c3oc4ccccc4c3c2)c1. The molecule has 0 bridgehead atoms. The molecule has 3 aromatic heterocycles.